The minimum atomic E-state index is -0.440. The highest BCUT2D eigenvalue weighted by molar-refractivity contribution is 7.81. The third kappa shape index (κ3) is 2.07. The summed E-state index contributed by atoms with van der Waals surface area (Å²) in [5, 5.41) is 0. The number of aryl methyl sites for hydroxylation is 1. The zero-order valence-corrected chi connectivity index (χ0v) is 9.66. The molecule has 0 amide bonds. The molecule has 1 rings (SSSR count). The maximum atomic E-state index is 11.4. The first kappa shape index (κ1) is 11.8. The molecular weight excluding hydrogens is 214 g/mol. The van der Waals surface area contributed by atoms with Gasteiger partial charge in [0.2, 0.25) is 0 Å². The van der Waals surface area contributed by atoms with Crippen LogP contribution in [-0.4, -0.2) is 29.6 Å². The molecule has 0 saturated heterocycles. The fourth-order valence-corrected chi connectivity index (χ4v) is 1.65. The van der Waals surface area contributed by atoms with Crippen LogP contribution < -0.4 is 0 Å². The number of ketones is 1. The van der Waals surface area contributed by atoms with E-state index in [-0.39, 0.29) is 11.5 Å². The summed E-state index contributed by atoms with van der Waals surface area (Å²) in [6.45, 7) is 3.42. The van der Waals surface area contributed by atoms with Gasteiger partial charge in [0.25, 0.3) is 0 Å². The quantitative estimate of drug-likeness (QED) is 0.631. The molecule has 4 nitrogen and oxygen atoms in total. The molecule has 0 atom stereocenters. The van der Waals surface area contributed by atoms with Crippen LogP contribution >= 0.6 is 12.6 Å². The number of rotatable bonds is 3. The van der Waals surface area contributed by atoms with E-state index in [1.54, 1.807) is 13.8 Å². The molecule has 1 heterocycles. The molecule has 0 aromatic carbocycles. The molecule has 5 heteroatoms. The topological polar surface area (TPSA) is 59.2 Å². The fourth-order valence-electron chi connectivity index (χ4n) is 1.51. The van der Waals surface area contributed by atoms with E-state index in [2.05, 4.69) is 22.3 Å². The van der Waals surface area contributed by atoms with E-state index < -0.39 is 5.97 Å². The van der Waals surface area contributed by atoms with Gasteiger partial charge in [0.15, 0.2) is 5.78 Å². The molecule has 0 unspecified atom stereocenters. The average molecular weight is 226 g/mol. The predicted molar refractivity (Wildman–Crippen MR) is 58.4 cm³/mol. The number of esters is 1. The van der Waals surface area contributed by atoms with Crippen LogP contribution in [0.25, 0.3) is 0 Å². The molecule has 0 aliphatic rings. The van der Waals surface area contributed by atoms with Crippen LogP contribution in [-0.2, 0) is 4.74 Å². The average Bonchev–Trinajstić information content (AvgIpc) is 2.52. The molecule has 0 saturated carbocycles. The minimum absolute atomic E-state index is 0.00139. The maximum Gasteiger partial charge on any atom is 0.339 e. The number of methoxy groups -OCH3 is 1. The van der Waals surface area contributed by atoms with Crippen molar-refractivity contribution in [3.8, 4) is 0 Å². The number of hydrogen-bond acceptors (Lipinski definition) is 3. The zero-order valence-electron chi connectivity index (χ0n) is 8.84. The lowest BCUT2D eigenvalue weighted by Crippen LogP contribution is -2.05. The van der Waals surface area contributed by atoms with Crippen molar-refractivity contribution in [3.63, 3.8) is 0 Å². The molecule has 1 aromatic rings. The summed E-state index contributed by atoms with van der Waals surface area (Å²) < 4.78 is 4.63. The monoisotopic (exact) mass is 226 g/mol. The van der Waals surface area contributed by atoms with Gasteiger partial charge in [-0.1, -0.05) is 12.6 Å². The first-order valence-electron chi connectivity index (χ1n) is 4.41. The Morgan fingerprint density at radius 3 is 2.47 bits per heavy atom. The SMILES string of the molecule is COC(=O)c1c(C)[nH]c(C(=O)C[S])c1C. The van der Waals surface area contributed by atoms with E-state index >= 15 is 0 Å². The van der Waals surface area contributed by atoms with Gasteiger partial charge < -0.3 is 9.72 Å². The summed E-state index contributed by atoms with van der Waals surface area (Å²) in [5.41, 5.74) is 2.06. The number of Topliss-reactive ketones (excluding diaryl/α,β-unsaturated/α-hetero) is 1. The fraction of sp³-hybridized carbons (Fsp3) is 0.400. The summed E-state index contributed by atoms with van der Waals surface area (Å²) in [6.07, 6.45) is 0. The number of H-pyrrole nitrogens is 1. The number of carbonyl (C=O) groups excluding carboxylic acids is 2. The van der Waals surface area contributed by atoms with Crippen LogP contribution in [0.4, 0.5) is 0 Å². The van der Waals surface area contributed by atoms with Crippen molar-refractivity contribution in [1.29, 1.82) is 0 Å². The number of nitrogens with one attached hydrogen (secondary N) is 1. The van der Waals surface area contributed by atoms with Crippen molar-refractivity contribution in [2.24, 2.45) is 0 Å². The number of hydrogen-bond donors (Lipinski definition) is 1. The van der Waals surface area contributed by atoms with Gasteiger partial charge >= 0.3 is 5.97 Å². The second-order valence-corrected chi connectivity index (χ2v) is 3.47. The van der Waals surface area contributed by atoms with Gasteiger partial charge in [-0.3, -0.25) is 4.79 Å². The van der Waals surface area contributed by atoms with E-state index in [1.165, 1.54) is 7.11 Å². The zero-order chi connectivity index (χ0) is 11.6. The Balaban J connectivity index is 3.26. The molecule has 0 aliphatic carbocycles. The Kier molecular flexibility index (Phi) is 3.57. The Morgan fingerprint density at radius 2 is 2.00 bits per heavy atom. The Hall–Kier alpha value is -1.23. The number of aromatic nitrogens is 1. The summed E-state index contributed by atoms with van der Waals surface area (Å²) >= 11 is 4.68. The molecule has 1 aromatic heterocycles. The van der Waals surface area contributed by atoms with Gasteiger partial charge in [0.05, 0.1) is 24.1 Å². The highest BCUT2D eigenvalue weighted by Gasteiger charge is 2.21. The first-order valence-corrected chi connectivity index (χ1v) is 4.99. The number of ether oxygens (including phenoxy) is 1. The summed E-state index contributed by atoms with van der Waals surface area (Å²) in [7, 11) is 1.31. The summed E-state index contributed by atoms with van der Waals surface area (Å²) in [4.78, 5) is 25.7. The van der Waals surface area contributed by atoms with Crippen LogP contribution in [0.5, 0.6) is 0 Å². The minimum Gasteiger partial charge on any atom is -0.465 e. The third-order valence-electron chi connectivity index (χ3n) is 2.24. The van der Waals surface area contributed by atoms with Gasteiger partial charge in [-0.15, -0.1) is 0 Å². The first-order chi connectivity index (χ1) is 7.02. The molecule has 15 heavy (non-hydrogen) atoms. The second-order valence-electron chi connectivity index (χ2n) is 3.18. The molecule has 0 aliphatic heterocycles. The van der Waals surface area contributed by atoms with Crippen molar-refractivity contribution in [2.75, 3.05) is 12.9 Å². The Morgan fingerprint density at radius 1 is 1.40 bits per heavy atom. The van der Waals surface area contributed by atoms with E-state index in [0.29, 0.717) is 22.5 Å². The van der Waals surface area contributed by atoms with Crippen LogP contribution in [0.15, 0.2) is 0 Å². The van der Waals surface area contributed by atoms with Gasteiger partial charge in [-0.2, -0.15) is 0 Å². The molecule has 1 radical (unpaired) electrons. The van der Waals surface area contributed by atoms with Gasteiger partial charge in [0, 0.05) is 5.69 Å². The Labute approximate surface area is 93.4 Å². The molecule has 1 N–H and O–H groups in total. The highest BCUT2D eigenvalue weighted by Crippen LogP contribution is 2.19. The van der Waals surface area contributed by atoms with Crippen LogP contribution in [0, 0.1) is 13.8 Å². The van der Waals surface area contributed by atoms with Crippen LogP contribution in [0.1, 0.15) is 32.1 Å². The standard InChI is InChI=1S/C10H12NO3S/c1-5-8(10(13)14-3)6(2)11-9(5)7(12)4-15/h11H,4H2,1-3H3. The predicted octanol–water partition coefficient (Wildman–Crippen LogP) is 1.80. The number of carbonyl (C=O) groups is 2. The lowest BCUT2D eigenvalue weighted by molar-refractivity contribution is 0.0599. The molecule has 81 valence electrons. The van der Waals surface area contributed by atoms with Crippen molar-refractivity contribution < 1.29 is 14.3 Å². The Bertz CT molecular complexity index is 409. The maximum absolute atomic E-state index is 11.4. The normalized spacial score (nSPS) is 10.1. The summed E-state index contributed by atoms with van der Waals surface area (Å²) in [5.74, 6) is -0.619. The lowest BCUT2D eigenvalue weighted by Gasteiger charge is -1.99. The smallest absolute Gasteiger partial charge is 0.339 e. The van der Waals surface area contributed by atoms with Crippen LogP contribution in [0.2, 0.25) is 0 Å². The van der Waals surface area contributed by atoms with Gasteiger partial charge in [-0.25, -0.2) is 4.79 Å². The lowest BCUT2D eigenvalue weighted by atomic mass is 10.1. The third-order valence-corrected chi connectivity index (χ3v) is 2.50. The molecule has 0 fully saturated rings. The molecule has 0 spiro atoms. The largest absolute Gasteiger partial charge is 0.465 e. The number of aromatic amines is 1. The second kappa shape index (κ2) is 4.53. The van der Waals surface area contributed by atoms with E-state index in [4.69, 9.17) is 0 Å². The van der Waals surface area contributed by atoms with Crippen molar-refractivity contribution in [3.05, 3.63) is 22.5 Å². The molecule has 0 bridgehead atoms. The van der Waals surface area contributed by atoms with Crippen molar-refractivity contribution in [1.82, 2.24) is 4.98 Å². The highest BCUT2D eigenvalue weighted by atomic mass is 32.1. The molecular formula is C10H12NO3S. The van der Waals surface area contributed by atoms with E-state index in [9.17, 15) is 9.59 Å². The van der Waals surface area contributed by atoms with E-state index in [0.717, 1.165) is 0 Å². The van der Waals surface area contributed by atoms with Crippen molar-refractivity contribution >= 4 is 24.4 Å². The van der Waals surface area contributed by atoms with Gasteiger partial charge in [-0.05, 0) is 19.4 Å². The van der Waals surface area contributed by atoms with Crippen molar-refractivity contribution in [2.45, 2.75) is 13.8 Å². The van der Waals surface area contributed by atoms with Gasteiger partial charge in [0.1, 0.15) is 0 Å². The van der Waals surface area contributed by atoms with Crippen LogP contribution in [0.3, 0.4) is 0 Å². The van der Waals surface area contributed by atoms with E-state index in [1.807, 2.05) is 0 Å². The summed E-state index contributed by atoms with van der Waals surface area (Å²) in [6, 6.07) is 0.